The van der Waals surface area contributed by atoms with Crippen LogP contribution >= 0.6 is 0 Å². The lowest BCUT2D eigenvalue weighted by atomic mass is 9.94. The molecule has 0 radical (unpaired) electrons. The van der Waals surface area contributed by atoms with Crippen molar-refractivity contribution in [2.75, 3.05) is 32.8 Å². The largest absolute Gasteiger partial charge is 0.395 e. The summed E-state index contributed by atoms with van der Waals surface area (Å²) in [5.74, 6) is 0.868. The van der Waals surface area contributed by atoms with Crippen molar-refractivity contribution in [3.63, 3.8) is 0 Å². The first-order chi connectivity index (χ1) is 8.77. The van der Waals surface area contributed by atoms with E-state index < -0.39 is 0 Å². The second-order valence-corrected chi connectivity index (χ2v) is 5.21. The molecule has 0 spiro atoms. The Kier molecular flexibility index (Phi) is 8.01. The van der Waals surface area contributed by atoms with Gasteiger partial charge < -0.3 is 15.3 Å². The van der Waals surface area contributed by atoms with E-state index in [2.05, 4.69) is 12.2 Å². The van der Waals surface area contributed by atoms with Crippen molar-refractivity contribution >= 4 is 5.91 Å². The molecule has 1 unspecified atom stereocenters. The van der Waals surface area contributed by atoms with Crippen LogP contribution in [0.25, 0.3) is 0 Å². The number of hydrogen-bond donors (Lipinski definition) is 2. The van der Waals surface area contributed by atoms with Gasteiger partial charge in [-0.3, -0.25) is 4.79 Å². The van der Waals surface area contributed by atoms with Crippen molar-refractivity contribution in [3.8, 4) is 0 Å². The molecule has 106 valence electrons. The van der Waals surface area contributed by atoms with Gasteiger partial charge in [-0.25, -0.2) is 0 Å². The third-order valence-corrected chi connectivity index (χ3v) is 3.67. The maximum atomic E-state index is 12.1. The number of carbonyl (C=O) groups excluding carboxylic acids is 1. The molecule has 0 aromatic heterocycles. The highest BCUT2D eigenvalue weighted by Crippen LogP contribution is 2.16. The van der Waals surface area contributed by atoms with Crippen LogP contribution in [0.1, 0.15) is 45.4 Å². The monoisotopic (exact) mass is 256 g/mol. The molecule has 1 rings (SSSR count). The molecule has 18 heavy (non-hydrogen) atoms. The summed E-state index contributed by atoms with van der Waals surface area (Å²) in [6.45, 7) is 5.65. The minimum Gasteiger partial charge on any atom is -0.395 e. The van der Waals surface area contributed by atoms with Crippen LogP contribution in [-0.4, -0.2) is 48.7 Å². The van der Waals surface area contributed by atoms with E-state index in [0.29, 0.717) is 18.9 Å². The fourth-order valence-electron chi connectivity index (χ4n) is 2.49. The topological polar surface area (TPSA) is 52.6 Å². The molecule has 1 fully saturated rings. The minimum atomic E-state index is 0.0699. The molecule has 0 aliphatic carbocycles. The quantitative estimate of drug-likeness (QED) is 0.690. The first kappa shape index (κ1) is 15.4. The molecule has 0 aromatic rings. The van der Waals surface area contributed by atoms with Gasteiger partial charge in [0, 0.05) is 19.5 Å². The summed E-state index contributed by atoms with van der Waals surface area (Å²) in [5, 5.41) is 12.4. The second-order valence-electron chi connectivity index (χ2n) is 5.21. The van der Waals surface area contributed by atoms with E-state index in [0.717, 1.165) is 38.9 Å². The zero-order valence-electron chi connectivity index (χ0n) is 11.7. The van der Waals surface area contributed by atoms with Crippen molar-refractivity contribution in [1.82, 2.24) is 10.2 Å². The van der Waals surface area contributed by atoms with E-state index in [1.165, 1.54) is 12.8 Å². The summed E-state index contributed by atoms with van der Waals surface area (Å²) >= 11 is 0. The highest BCUT2D eigenvalue weighted by Gasteiger charge is 2.17. The van der Waals surface area contributed by atoms with Gasteiger partial charge >= 0.3 is 0 Å². The van der Waals surface area contributed by atoms with Crippen molar-refractivity contribution in [1.29, 1.82) is 0 Å². The number of amides is 1. The Hall–Kier alpha value is -0.610. The van der Waals surface area contributed by atoms with Gasteiger partial charge in [-0.2, -0.15) is 0 Å². The summed E-state index contributed by atoms with van der Waals surface area (Å²) in [4.78, 5) is 13.9. The highest BCUT2D eigenvalue weighted by atomic mass is 16.3. The SMILES string of the molecule is CCCCN(CCO)C(=O)CCC1CCCNC1. The molecule has 1 aliphatic rings. The molecule has 1 saturated heterocycles. The number of unbranched alkanes of at least 4 members (excludes halogenated alkanes) is 1. The predicted molar refractivity (Wildman–Crippen MR) is 73.4 cm³/mol. The summed E-state index contributed by atoms with van der Waals surface area (Å²) in [6, 6.07) is 0. The Labute approximate surface area is 111 Å². The lowest BCUT2D eigenvalue weighted by Crippen LogP contribution is -2.35. The fraction of sp³-hybridized carbons (Fsp3) is 0.929. The fourth-order valence-corrected chi connectivity index (χ4v) is 2.49. The van der Waals surface area contributed by atoms with E-state index in [1.807, 2.05) is 4.90 Å². The Morgan fingerprint density at radius 2 is 2.28 bits per heavy atom. The summed E-state index contributed by atoms with van der Waals surface area (Å²) in [5.41, 5.74) is 0. The zero-order valence-corrected chi connectivity index (χ0v) is 11.7. The number of nitrogens with zero attached hydrogens (tertiary/aromatic N) is 1. The molecule has 0 aromatic carbocycles. The van der Waals surface area contributed by atoms with Crippen LogP contribution in [0.2, 0.25) is 0 Å². The number of rotatable bonds is 8. The Bertz CT molecular complexity index is 228. The normalized spacial score (nSPS) is 19.8. The first-order valence-corrected chi connectivity index (χ1v) is 7.37. The van der Waals surface area contributed by atoms with Crippen LogP contribution in [0.3, 0.4) is 0 Å². The maximum absolute atomic E-state index is 12.1. The molecule has 0 saturated carbocycles. The Morgan fingerprint density at radius 1 is 1.44 bits per heavy atom. The first-order valence-electron chi connectivity index (χ1n) is 7.37. The number of aliphatic hydroxyl groups excluding tert-OH is 1. The van der Waals surface area contributed by atoms with E-state index in [4.69, 9.17) is 5.11 Å². The number of carbonyl (C=O) groups is 1. The van der Waals surface area contributed by atoms with Crippen LogP contribution in [-0.2, 0) is 4.79 Å². The Morgan fingerprint density at radius 3 is 2.89 bits per heavy atom. The van der Waals surface area contributed by atoms with E-state index in [1.54, 1.807) is 0 Å². The van der Waals surface area contributed by atoms with Gasteiger partial charge in [-0.15, -0.1) is 0 Å². The molecule has 4 heteroatoms. The van der Waals surface area contributed by atoms with Gasteiger partial charge in [-0.1, -0.05) is 13.3 Å². The average Bonchev–Trinajstić information content (AvgIpc) is 2.42. The summed E-state index contributed by atoms with van der Waals surface area (Å²) in [6.07, 6.45) is 6.21. The smallest absolute Gasteiger partial charge is 0.222 e. The third kappa shape index (κ3) is 5.83. The van der Waals surface area contributed by atoms with Crippen LogP contribution < -0.4 is 5.32 Å². The third-order valence-electron chi connectivity index (χ3n) is 3.67. The predicted octanol–water partition coefficient (Wildman–Crippen LogP) is 1.39. The van der Waals surface area contributed by atoms with E-state index in [9.17, 15) is 4.79 Å². The van der Waals surface area contributed by atoms with E-state index in [-0.39, 0.29) is 12.5 Å². The zero-order chi connectivity index (χ0) is 13.2. The van der Waals surface area contributed by atoms with Gasteiger partial charge in [0.05, 0.1) is 6.61 Å². The minimum absolute atomic E-state index is 0.0699. The van der Waals surface area contributed by atoms with Crippen LogP contribution in [0.15, 0.2) is 0 Å². The molecular formula is C14H28N2O2. The lowest BCUT2D eigenvalue weighted by molar-refractivity contribution is -0.132. The van der Waals surface area contributed by atoms with E-state index >= 15 is 0 Å². The molecule has 0 bridgehead atoms. The highest BCUT2D eigenvalue weighted by molar-refractivity contribution is 5.76. The number of aliphatic hydroxyl groups is 1. The summed E-state index contributed by atoms with van der Waals surface area (Å²) < 4.78 is 0. The Balaban J connectivity index is 2.26. The molecule has 1 aliphatic heterocycles. The molecule has 4 nitrogen and oxygen atoms in total. The van der Waals surface area contributed by atoms with Gasteiger partial charge in [0.25, 0.3) is 0 Å². The van der Waals surface area contributed by atoms with Gasteiger partial charge in [0.2, 0.25) is 5.91 Å². The number of piperidine rings is 1. The molecule has 2 N–H and O–H groups in total. The summed E-state index contributed by atoms with van der Waals surface area (Å²) in [7, 11) is 0. The number of nitrogens with one attached hydrogen (secondary N) is 1. The lowest BCUT2D eigenvalue weighted by Gasteiger charge is -2.25. The van der Waals surface area contributed by atoms with Crippen LogP contribution in [0.5, 0.6) is 0 Å². The van der Waals surface area contributed by atoms with Crippen molar-refractivity contribution in [2.45, 2.75) is 45.4 Å². The molecular weight excluding hydrogens is 228 g/mol. The van der Waals surface area contributed by atoms with Crippen molar-refractivity contribution in [3.05, 3.63) is 0 Å². The van der Waals surface area contributed by atoms with Crippen LogP contribution in [0, 0.1) is 5.92 Å². The van der Waals surface area contributed by atoms with Gasteiger partial charge in [0.15, 0.2) is 0 Å². The average molecular weight is 256 g/mol. The van der Waals surface area contributed by atoms with Gasteiger partial charge in [-0.05, 0) is 44.7 Å². The van der Waals surface area contributed by atoms with Crippen molar-refractivity contribution in [2.24, 2.45) is 5.92 Å². The second kappa shape index (κ2) is 9.34. The molecule has 1 atom stereocenters. The maximum Gasteiger partial charge on any atom is 0.222 e. The molecule has 1 amide bonds. The number of hydrogen-bond acceptors (Lipinski definition) is 3. The van der Waals surface area contributed by atoms with Crippen molar-refractivity contribution < 1.29 is 9.90 Å². The molecule has 1 heterocycles. The van der Waals surface area contributed by atoms with Crippen LogP contribution in [0.4, 0.5) is 0 Å². The van der Waals surface area contributed by atoms with Gasteiger partial charge in [0.1, 0.15) is 0 Å². The standard InChI is InChI=1S/C14H28N2O2/c1-2-3-9-16(10-11-17)14(18)7-6-13-5-4-8-15-12-13/h13,15,17H,2-12H2,1H3.